The lowest BCUT2D eigenvalue weighted by Gasteiger charge is -2.25. The number of amidine groups is 1. The number of imidazole rings is 1. The number of nitrogens with zero attached hydrogens (tertiary/aromatic N) is 3. The predicted octanol–water partition coefficient (Wildman–Crippen LogP) is 1.11. The van der Waals surface area contributed by atoms with Gasteiger partial charge in [-0.25, -0.2) is 4.98 Å². The molecule has 0 radical (unpaired) electrons. The minimum absolute atomic E-state index is 0.195. The Balaban J connectivity index is 2.25. The minimum Gasteiger partial charge on any atom is -0.388 e. The van der Waals surface area contributed by atoms with Gasteiger partial charge in [-0.3, -0.25) is 9.81 Å². The molecular formula is C13H19N5O. The van der Waals surface area contributed by atoms with Crippen molar-refractivity contribution in [1.82, 2.24) is 9.38 Å². The highest BCUT2D eigenvalue weighted by molar-refractivity contribution is 5.77. The first-order valence-corrected chi connectivity index (χ1v) is 6.21. The van der Waals surface area contributed by atoms with Gasteiger partial charge in [0.2, 0.25) is 0 Å². The molecule has 2 aromatic rings. The van der Waals surface area contributed by atoms with Crippen LogP contribution in [0.4, 0.5) is 5.82 Å². The number of methoxy groups -OCH3 is 1. The fourth-order valence-electron chi connectivity index (χ4n) is 1.99. The van der Waals surface area contributed by atoms with Gasteiger partial charge in [0.1, 0.15) is 11.5 Å². The molecule has 6 nitrogen and oxygen atoms in total. The highest BCUT2D eigenvalue weighted by Gasteiger charge is 2.10. The van der Waals surface area contributed by atoms with Crippen LogP contribution in [0.5, 0.6) is 0 Å². The first kappa shape index (κ1) is 13.4. The standard InChI is InChI=1S/C13H19N5O/c1-19-10-9-17(7-5-11(14)15)13-4-2-3-12-16-6-8-18(12)13/h2-4,6,8H,5,7,9-10H2,1H3,(H3,14,15). The Morgan fingerprint density at radius 3 is 3.05 bits per heavy atom. The Bertz CT molecular complexity index is 551. The van der Waals surface area contributed by atoms with Gasteiger partial charge < -0.3 is 15.4 Å². The molecule has 19 heavy (non-hydrogen) atoms. The number of hydrogen-bond donors (Lipinski definition) is 2. The average molecular weight is 261 g/mol. The number of hydrogen-bond acceptors (Lipinski definition) is 4. The van der Waals surface area contributed by atoms with Crippen LogP contribution in [0.15, 0.2) is 30.6 Å². The van der Waals surface area contributed by atoms with E-state index in [0.717, 1.165) is 18.0 Å². The summed E-state index contributed by atoms with van der Waals surface area (Å²) in [4.78, 5) is 6.43. The highest BCUT2D eigenvalue weighted by atomic mass is 16.5. The van der Waals surface area contributed by atoms with Crippen molar-refractivity contribution < 1.29 is 4.74 Å². The van der Waals surface area contributed by atoms with Gasteiger partial charge in [-0.2, -0.15) is 0 Å². The molecule has 6 heteroatoms. The zero-order valence-corrected chi connectivity index (χ0v) is 11.0. The summed E-state index contributed by atoms with van der Waals surface area (Å²) in [6.07, 6.45) is 4.24. The number of nitrogens with two attached hydrogens (primary N) is 1. The number of aromatic nitrogens is 2. The van der Waals surface area contributed by atoms with E-state index >= 15 is 0 Å². The van der Waals surface area contributed by atoms with Crippen molar-refractivity contribution >= 4 is 17.3 Å². The maximum absolute atomic E-state index is 7.36. The molecule has 0 saturated carbocycles. The summed E-state index contributed by atoms with van der Waals surface area (Å²) in [6.45, 7) is 2.07. The Morgan fingerprint density at radius 1 is 1.47 bits per heavy atom. The normalized spacial score (nSPS) is 10.8. The number of rotatable bonds is 7. The minimum atomic E-state index is 0.195. The van der Waals surface area contributed by atoms with Crippen molar-refractivity contribution in [2.45, 2.75) is 6.42 Å². The van der Waals surface area contributed by atoms with Crippen LogP contribution < -0.4 is 10.6 Å². The molecule has 0 atom stereocenters. The van der Waals surface area contributed by atoms with Crippen molar-refractivity contribution in [2.24, 2.45) is 5.73 Å². The van der Waals surface area contributed by atoms with E-state index in [9.17, 15) is 0 Å². The van der Waals surface area contributed by atoms with Crippen LogP contribution >= 0.6 is 0 Å². The van der Waals surface area contributed by atoms with Crippen LogP contribution in [0.1, 0.15) is 6.42 Å². The van der Waals surface area contributed by atoms with Gasteiger partial charge >= 0.3 is 0 Å². The molecule has 0 saturated heterocycles. The zero-order chi connectivity index (χ0) is 13.7. The van der Waals surface area contributed by atoms with E-state index in [1.807, 2.05) is 28.8 Å². The Morgan fingerprint density at radius 2 is 2.32 bits per heavy atom. The van der Waals surface area contributed by atoms with Gasteiger partial charge in [0.15, 0.2) is 0 Å². The van der Waals surface area contributed by atoms with E-state index in [4.69, 9.17) is 15.9 Å². The van der Waals surface area contributed by atoms with Crippen molar-refractivity contribution in [3.8, 4) is 0 Å². The van der Waals surface area contributed by atoms with E-state index in [1.54, 1.807) is 13.3 Å². The first-order valence-electron chi connectivity index (χ1n) is 6.21. The lowest BCUT2D eigenvalue weighted by molar-refractivity contribution is 0.205. The molecular weight excluding hydrogens is 242 g/mol. The molecule has 0 aromatic carbocycles. The lowest BCUT2D eigenvalue weighted by atomic mass is 10.3. The highest BCUT2D eigenvalue weighted by Crippen LogP contribution is 2.16. The summed E-state index contributed by atoms with van der Waals surface area (Å²) >= 11 is 0. The van der Waals surface area contributed by atoms with Gasteiger partial charge in [0.25, 0.3) is 0 Å². The van der Waals surface area contributed by atoms with E-state index in [1.165, 1.54) is 0 Å². The van der Waals surface area contributed by atoms with Gasteiger partial charge in [-0.05, 0) is 12.1 Å². The first-order chi connectivity index (χ1) is 9.22. The van der Waals surface area contributed by atoms with E-state index in [2.05, 4.69) is 9.88 Å². The molecule has 0 aliphatic rings. The predicted molar refractivity (Wildman–Crippen MR) is 75.8 cm³/mol. The lowest BCUT2D eigenvalue weighted by Crippen LogP contribution is -2.32. The molecule has 0 unspecified atom stereocenters. The smallest absolute Gasteiger partial charge is 0.138 e. The molecule has 0 amide bonds. The third-order valence-corrected chi connectivity index (χ3v) is 2.95. The maximum Gasteiger partial charge on any atom is 0.138 e. The molecule has 2 rings (SSSR count). The summed E-state index contributed by atoms with van der Waals surface area (Å²) in [5, 5.41) is 7.36. The molecule has 0 spiro atoms. The maximum atomic E-state index is 7.36. The fourth-order valence-corrected chi connectivity index (χ4v) is 1.99. The number of nitrogens with one attached hydrogen (secondary N) is 1. The molecule has 0 bridgehead atoms. The van der Waals surface area contributed by atoms with Crippen LogP contribution in [-0.4, -0.2) is 42.0 Å². The summed E-state index contributed by atoms with van der Waals surface area (Å²) in [6, 6.07) is 5.97. The Hall–Kier alpha value is -2.08. The van der Waals surface area contributed by atoms with Gasteiger partial charge in [-0.1, -0.05) is 6.07 Å². The topological polar surface area (TPSA) is 79.6 Å². The number of fused-ring (bicyclic) bond motifs is 1. The molecule has 0 aliphatic carbocycles. The number of anilines is 1. The van der Waals surface area contributed by atoms with Gasteiger partial charge in [0, 0.05) is 39.0 Å². The van der Waals surface area contributed by atoms with E-state index in [-0.39, 0.29) is 5.84 Å². The molecule has 0 fully saturated rings. The number of pyridine rings is 1. The summed E-state index contributed by atoms with van der Waals surface area (Å²) in [7, 11) is 1.68. The molecule has 3 N–H and O–H groups in total. The Kier molecular flexibility index (Phi) is 4.35. The van der Waals surface area contributed by atoms with Crippen LogP contribution in [0.3, 0.4) is 0 Å². The third kappa shape index (κ3) is 3.23. The van der Waals surface area contributed by atoms with Crippen LogP contribution in [0.2, 0.25) is 0 Å². The molecule has 2 heterocycles. The van der Waals surface area contributed by atoms with Crippen LogP contribution in [-0.2, 0) is 4.74 Å². The van der Waals surface area contributed by atoms with Gasteiger partial charge in [-0.15, -0.1) is 0 Å². The van der Waals surface area contributed by atoms with Crippen molar-refractivity contribution in [1.29, 1.82) is 5.41 Å². The van der Waals surface area contributed by atoms with E-state index in [0.29, 0.717) is 19.6 Å². The summed E-state index contributed by atoms with van der Waals surface area (Å²) < 4.78 is 7.17. The van der Waals surface area contributed by atoms with Crippen LogP contribution in [0.25, 0.3) is 5.65 Å². The summed E-state index contributed by atoms with van der Waals surface area (Å²) in [5.74, 6) is 1.23. The monoisotopic (exact) mass is 261 g/mol. The number of ether oxygens (including phenoxy) is 1. The molecule has 2 aromatic heterocycles. The molecule has 102 valence electrons. The van der Waals surface area contributed by atoms with Crippen molar-refractivity contribution in [3.63, 3.8) is 0 Å². The van der Waals surface area contributed by atoms with Crippen LogP contribution in [0, 0.1) is 5.41 Å². The summed E-state index contributed by atoms with van der Waals surface area (Å²) in [5.41, 5.74) is 6.35. The van der Waals surface area contributed by atoms with Gasteiger partial charge in [0.05, 0.1) is 12.4 Å². The van der Waals surface area contributed by atoms with Crippen molar-refractivity contribution in [3.05, 3.63) is 30.6 Å². The second kappa shape index (κ2) is 6.19. The fraction of sp³-hybridized carbons (Fsp3) is 0.385. The molecule has 0 aliphatic heterocycles. The second-order valence-electron chi connectivity index (χ2n) is 4.29. The van der Waals surface area contributed by atoms with Crippen molar-refractivity contribution in [2.75, 3.05) is 31.7 Å². The zero-order valence-electron chi connectivity index (χ0n) is 11.0. The SMILES string of the molecule is COCCN(CCC(=N)N)c1cccc2nccn12. The Labute approximate surface area is 112 Å². The largest absolute Gasteiger partial charge is 0.388 e. The average Bonchev–Trinajstić information content (AvgIpc) is 2.87. The quantitative estimate of drug-likeness (QED) is 0.578. The van der Waals surface area contributed by atoms with E-state index < -0.39 is 0 Å². The third-order valence-electron chi connectivity index (χ3n) is 2.95. The second-order valence-corrected chi connectivity index (χ2v) is 4.29.